The molecule has 7 heteroatoms. The average molecular weight is 313 g/mol. The minimum Gasteiger partial charge on any atom is -0.495 e. The fourth-order valence-corrected chi connectivity index (χ4v) is 2.50. The number of methoxy groups -OCH3 is 1. The summed E-state index contributed by atoms with van der Waals surface area (Å²) in [5, 5.41) is 12.2. The highest BCUT2D eigenvalue weighted by Crippen LogP contribution is 2.27. The normalized spacial score (nSPS) is 18.2. The minimum atomic E-state index is -0.860. The van der Waals surface area contributed by atoms with Crippen molar-refractivity contribution in [2.75, 3.05) is 25.5 Å². The zero-order chi connectivity index (χ0) is 15.4. The average Bonchev–Trinajstić information content (AvgIpc) is 2.49. The van der Waals surface area contributed by atoms with E-state index in [-0.39, 0.29) is 12.6 Å². The molecule has 1 aromatic carbocycles. The molecule has 0 saturated carbocycles. The van der Waals surface area contributed by atoms with Crippen molar-refractivity contribution in [1.29, 1.82) is 0 Å². The number of nitrogens with one attached hydrogen (secondary N) is 1. The Kier molecular flexibility index (Phi) is 4.90. The summed E-state index contributed by atoms with van der Waals surface area (Å²) >= 11 is 5.92. The SMILES string of the molecule is COc1cc(NC(=O)N2CCC[C@H](C(=O)O)C2)ccc1Cl. The molecular formula is C14H17ClN2O4. The highest BCUT2D eigenvalue weighted by atomic mass is 35.5. The highest BCUT2D eigenvalue weighted by molar-refractivity contribution is 6.32. The predicted molar refractivity (Wildman–Crippen MR) is 79.0 cm³/mol. The van der Waals surface area contributed by atoms with Crippen molar-refractivity contribution in [3.8, 4) is 5.75 Å². The van der Waals surface area contributed by atoms with Crippen LogP contribution in [0.1, 0.15) is 12.8 Å². The fourth-order valence-electron chi connectivity index (χ4n) is 2.30. The lowest BCUT2D eigenvalue weighted by Crippen LogP contribution is -2.44. The molecule has 6 nitrogen and oxygen atoms in total. The first-order valence-corrected chi connectivity index (χ1v) is 7.01. The summed E-state index contributed by atoms with van der Waals surface area (Å²) in [6.07, 6.45) is 1.29. The van der Waals surface area contributed by atoms with E-state index in [1.807, 2.05) is 0 Å². The van der Waals surface area contributed by atoms with E-state index < -0.39 is 11.9 Å². The number of carbonyl (C=O) groups is 2. The lowest BCUT2D eigenvalue weighted by Gasteiger charge is -2.30. The number of likely N-dealkylation sites (tertiary alicyclic amines) is 1. The second-order valence-electron chi connectivity index (χ2n) is 4.90. The maximum atomic E-state index is 12.2. The Morgan fingerprint density at radius 3 is 2.90 bits per heavy atom. The molecule has 0 spiro atoms. The van der Waals surface area contributed by atoms with E-state index in [2.05, 4.69) is 5.32 Å². The van der Waals surface area contributed by atoms with Crippen LogP contribution in [0, 0.1) is 5.92 Å². The number of urea groups is 1. The van der Waals surface area contributed by atoms with Gasteiger partial charge in [0, 0.05) is 24.8 Å². The number of anilines is 1. The van der Waals surface area contributed by atoms with E-state index in [9.17, 15) is 9.59 Å². The Balaban J connectivity index is 2.02. The number of benzene rings is 1. The third-order valence-corrected chi connectivity index (χ3v) is 3.77. The number of carbonyl (C=O) groups excluding carboxylic acids is 1. The monoisotopic (exact) mass is 312 g/mol. The van der Waals surface area contributed by atoms with Gasteiger partial charge >= 0.3 is 12.0 Å². The van der Waals surface area contributed by atoms with Crippen molar-refractivity contribution in [2.45, 2.75) is 12.8 Å². The number of aliphatic carboxylic acids is 1. The molecule has 21 heavy (non-hydrogen) atoms. The zero-order valence-electron chi connectivity index (χ0n) is 11.6. The van der Waals surface area contributed by atoms with Crippen LogP contribution in [0.4, 0.5) is 10.5 Å². The van der Waals surface area contributed by atoms with Gasteiger partial charge < -0.3 is 20.1 Å². The summed E-state index contributed by atoms with van der Waals surface area (Å²) in [5.41, 5.74) is 0.554. The maximum Gasteiger partial charge on any atom is 0.321 e. The van der Waals surface area contributed by atoms with E-state index >= 15 is 0 Å². The molecule has 1 saturated heterocycles. The van der Waals surface area contributed by atoms with Crippen LogP contribution in [-0.4, -0.2) is 42.2 Å². The summed E-state index contributed by atoms with van der Waals surface area (Å²) in [6.45, 7) is 0.784. The third kappa shape index (κ3) is 3.78. The maximum absolute atomic E-state index is 12.2. The number of rotatable bonds is 3. The van der Waals surface area contributed by atoms with Gasteiger partial charge in [0.1, 0.15) is 5.75 Å². The number of hydrogen-bond donors (Lipinski definition) is 2. The minimum absolute atomic E-state index is 0.228. The lowest BCUT2D eigenvalue weighted by molar-refractivity contribution is -0.143. The number of carboxylic acids is 1. The van der Waals surface area contributed by atoms with Gasteiger partial charge in [-0.05, 0) is 25.0 Å². The van der Waals surface area contributed by atoms with Crippen LogP contribution >= 0.6 is 11.6 Å². The molecule has 0 unspecified atom stereocenters. The van der Waals surface area contributed by atoms with Gasteiger partial charge in [0.25, 0.3) is 0 Å². The van der Waals surface area contributed by atoms with Crippen molar-refractivity contribution in [2.24, 2.45) is 5.92 Å². The second kappa shape index (κ2) is 6.67. The molecule has 114 valence electrons. The molecule has 1 atom stereocenters. The Bertz CT molecular complexity index is 550. The molecule has 0 aromatic heterocycles. The van der Waals surface area contributed by atoms with Gasteiger partial charge in [0.05, 0.1) is 18.1 Å². The van der Waals surface area contributed by atoms with Crippen molar-refractivity contribution >= 4 is 29.3 Å². The highest BCUT2D eigenvalue weighted by Gasteiger charge is 2.28. The molecule has 2 rings (SSSR count). The van der Waals surface area contributed by atoms with E-state index in [1.54, 1.807) is 18.2 Å². The van der Waals surface area contributed by atoms with E-state index in [0.717, 1.165) is 0 Å². The van der Waals surface area contributed by atoms with Gasteiger partial charge in [-0.1, -0.05) is 11.6 Å². The molecule has 0 aliphatic carbocycles. The molecule has 0 radical (unpaired) electrons. The van der Waals surface area contributed by atoms with Crippen molar-refractivity contribution in [3.63, 3.8) is 0 Å². The number of halogens is 1. The Labute approximate surface area is 127 Å². The Morgan fingerprint density at radius 1 is 1.48 bits per heavy atom. The molecule has 1 fully saturated rings. The number of nitrogens with zero attached hydrogens (tertiary/aromatic N) is 1. The first kappa shape index (κ1) is 15.4. The van der Waals surface area contributed by atoms with Crippen LogP contribution in [0.2, 0.25) is 5.02 Å². The first-order chi connectivity index (χ1) is 10.0. The second-order valence-corrected chi connectivity index (χ2v) is 5.31. The summed E-state index contributed by atoms with van der Waals surface area (Å²) in [5.74, 6) is -0.888. The van der Waals surface area contributed by atoms with Gasteiger partial charge in [-0.3, -0.25) is 4.79 Å². The van der Waals surface area contributed by atoms with Crippen LogP contribution in [0.25, 0.3) is 0 Å². The Hall–Kier alpha value is -1.95. The van der Waals surface area contributed by atoms with E-state index in [1.165, 1.54) is 12.0 Å². The molecule has 1 aliphatic heterocycles. The van der Waals surface area contributed by atoms with Crippen LogP contribution < -0.4 is 10.1 Å². The molecule has 2 amide bonds. The standard InChI is InChI=1S/C14H17ClN2O4/c1-21-12-7-10(4-5-11(12)15)16-14(20)17-6-2-3-9(8-17)13(18)19/h4-5,7,9H,2-3,6,8H2,1H3,(H,16,20)(H,18,19)/t9-/m0/s1. The number of hydrogen-bond acceptors (Lipinski definition) is 3. The molecule has 1 heterocycles. The van der Waals surface area contributed by atoms with Crippen molar-refractivity contribution in [1.82, 2.24) is 4.90 Å². The van der Waals surface area contributed by atoms with Gasteiger partial charge in [-0.15, -0.1) is 0 Å². The smallest absolute Gasteiger partial charge is 0.321 e. The molecule has 1 aromatic rings. The molecule has 0 bridgehead atoms. The van der Waals surface area contributed by atoms with Gasteiger partial charge in [0.15, 0.2) is 0 Å². The van der Waals surface area contributed by atoms with Gasteiger partial charge in [-0.25, -0.2) is 4.79 Å². The number of piperidine rings is 1. The first-order valence-electron chi connectivity index (χ1n) is 6.63. The fraction of sp³-hybridized carbons (Fsp3) is 0.429. The summed E-state index contributed by atoms with van der Waals surface area (Å²) in [7, 11) is 1.49. The predicted octanol–water partition coefficient (Wildman–Crippen LogP) is 2.68. The van der Waals surface area contributed by atoms with Crippen LogP contribution in [0.5, 0.6) is 5.75 Å². The summed E-state index contributed by atoms with van der Waals surface area (Å²) in [4.78, 5) is 24.7. The van der Waals surface area contributed by atoms with Crippen LogP contribution in [0.15, 0.2) is 18.2 Å². The number of carboxylic acid groups (broad SMARTS) is 1. The molecular weight excluding hydrogens is 296 g/mol. The van der Waals surface area contributed by atoms with E-state index in [4.69, 9.17) is 21.4 Å². The van der Waals surface area contributed by atoms with Crippen LogP contribution in [-0.2, 0) is 4.79 Å². The number of ether oxygens (including phenoxy) is 1. The number of amides is 2. The largest absolute Gasteiger partial charge is 0.495 e. The summed E-state index contributed by atoms with van der Waals surface area (Å²) in [6, 6.07) is 4.61. The Morgan fingerprint density at radius 2 is 2.24 bits per heavy atom. The van der Waals surface area contributed by atoms with Gasteiger partial charge in [0.2, 0.25) is 0 Å². The third-order valence-electron chi connectivity index (χ3n) is 3.46. The van der Waals surface area contributed by atoms with E-state index in [0.29, 0.717) is 35.8 Å². The summed E-state index contributed by atoms with van der Waals surface area (Å²) < 4.78 is 5.09. The molecule has 1 aliphatic rings. The van der Waals surface area contributed by atoms with Crippen molar-refractivity contribution in [3.05, 3.63) is 23.2 Å². The topological polar surface area (TPSA) is 78.9 Å². The lowest BCUT2D eigenvalue weighted by atomic mass is 9.99. The zero-order valence-corrected chi connectivity index (χ0v) is 12.4. The van der Waals surface area contributed by atoms with Gasteiger partial charge in [-0.2, -0.15) is 0 Å². The quantitative estimate of drug-likeness (QED) is 0.899. The molecule has 2 N–H and O–H groups in total. The van der Waals surface area contributed by atoms with Crippen LogP contribution in [0.3, 0.4) is 0 Å². The van der Waals surface area contributed by atoms with Crippen molar-refractivity contribution < 1.29 is 19.4 Å².